The largest absolute Gasteiger partial charge is 0.394 e. The number of nitrogens with zero attached hydrogens (tertiary/aromatic N) is 1. The Labute approximate surface area is 104 Å². The molecule has 0 bridgehead atoms. The van der Waals surface area contributed by atoms with Gasteiger partial charge in [-0.15, -0.1) is 0 Å². The summed E-state index contributed by atoms with van der Waals surface area (Å²) < 4.78 is 0. The average Bonchev–Trinajstić information content (AvgIpc) is 2.44. The molecule has 94 valence electrons. The Hall–Kier alpha value is -1.98. The number of aliphatic hydroxyl groups excluding tert-OH is 2. The van der Waals surface area contributed by atoms with Crippen molar-refractivity contribution in [2.45, 2.75) is 6.04 Å². The van der Waals surface area contributed by atoms with E-state index in [1.54, 1.807) is 6.07 Å². The van der Waals surface area contributed by atoms with Gasteiger partial charge in [-0.2, -0.15) is 0 Å². The minimum atomic E-state index is -0.661. The van der Waals surface area contributed by atoms with Gasteiger partial charge in [0.15, 0.2) is 0 Å². The Morgan fingerprint density at radius 3 is 2.61 bits per heavy atom. The molecule has 0 fully saturated rings. The Kier molecular flexibility index (Phi) is 3.86. The molecule has 0 aliphatic heterocycles. The summed E-state index contributed by atoms with van der Waals surface area (Å²) in [5, 5.41) is 21.2. The lowest BCUT2D eigenvalue weighted by Gasteiger charge is -2.12. The van der Waals surface area contributed by atoms with Crippen molar-refractivity contribution >= 4 is 16.8 Å². The molecule has 5 nitrogen and oxygen atoms in total. The number of benzene rings is 1. The van der Waals surface area contributed by atoms with Gasteiger partial charge in [0.1, 0.15) is 5.69 Å². The van der Waals surface area contributed by atoms with E-state index in [4.69, 9.17) is 10.2 Å². The number of para-hydroxylation sites is 1. The first kappa shape index (κ1) is 12.5. The van der Waals surface area contributed by atoms with Crippen molar-refractivity contribution in [1.29, 1.82) is 0 Å². The number of fused-ring (bicyclic) bond motifs is 1. The van der Waals surface area contributed by atoms with Crippen molar-refractivity contribution in [3.05, 3.63) is 42.1 Å². The second kappa shape index (κ2) is 5.57. The molecule has 18 heavy (non-hydrogen) atoms. The van der Waals surface area contributed by atoms with E-state index >= 15 is 0 Å². The van der Waals surface area contributed by atoms with Crippen LogP contribution < -0.4 is 5.32 Å². The highest BCUT2D eigenvalue weighted by molar-refractivity contribution is 5.95. The van der Waals surface area contributed by atoms with Crippen LogP contribution in [0.4, 0.5) is 0 Å². The van der Waals surface area contributed by atoms with Crippen molar-refractivity contribution in [3.8, 4) is 0 Å². The summed E-state index contributed by atoms with van der Waals surface area (Å²) in [6, 6.07) is 10.2. The van der Waals surface area contributed by atoms with Gasteiger partial charge in [0, 0.05) is 5.39 Å². The number of carbonyl (C=O) groups is 1. The molecule has 0 unspecified atom stereocenters. The second-order valence-corrected chi connectivity index (χ2v) is 3.92. The molecule has 2 aromatic rings. The number of rotatable bonds is 4. The van der Waals surface area contributed by atoms with Gasteiger partial charge < -0.3 is 15.5 Å². The molecular weight excluding hydrogens is 232 g/mol. The molecular formula is C13H14N2O3. The first-order valence-corrected chi connectivity index (χ1v) is 5.63. The average molecular weight is 246 g/mol. The number of nitrogens with one attached hydrogen (secondary N) is 1. The zero-order chi connectivity index (χ0) is 13.0. The van der Waals surface area contributed by atoms with E-state index in [-0.39, 0.29) is 18.9 Å². The molecule has 0 radical (unpaired) electrons. The summed E-state index contributed by atoms with van der Waals surface area (Å²) in [6.07, 6.45) is 0. The van der Waals surface area contributed by atoms with E-state index in [2.05, 4.69) is 10.3 Å². The molecule has 1 aromatic carbocycles. The molecule has 1 amide bonds. The molecule has 0 saturated heterocycles. The standard InChI is InChI=1S/C13H14N2O3/c16-7-10(8-17)14-13(18)12-6-5-9-3-1-2-4-11(9)15-12/h1-6,10,16-17H,7-8H2,(H,14,18). The minimum Gasteiger partial charge on any atom is -0.394 e. The smallest absolute Gasteiger partial charge is 0.270 e. The van der Waals surface area contributed by atoms with Crippen molar-refractivity contribution in [2.75, 3.05) is 13.2 Å². The number of hydrogen-bond donors (Lipinski definition) is 3. The Morgan fingerprint density at radius 2 is 1.89 bits per heavy atom. The van der Waals surface area contributed by atoms with Crippen LogP contribution in [0.2, 0.25) is 0 Å². The second-order valence-electron chi connectivity index (χ2n) is 3.92. The third kappa shape index (κ3) is 2.64. The lowest BCUT2D eigenvalue weighted by molar-refractivity contribution is 0.0875. The number of aromatic nitrogens is 1. The molecule has 1 heterocycles. The van der Waals surface area contributed by atoms with Gasteiger partial charge in [-0.05, 0) is 12.1 Å². The van der Waals surface area contributed by atoms with Crippen LogP contribution in [0.25, 0.3) is 10.9 Å². The summed E-state index contributed by atoms with van der Waals surface area (Å²) >= 11 is 0. The molecule has 0 saturated carbocycles. The summed E-state index contributed by atoms with van der Waals surface area (Å²) in [5.41, 5.74) is 0.996. The lowest BCUT2D eigenvalue weighted by Crippen LogP contribution is -2.40. The highest BCUT2D eigenvalue weighted by Crippen LogP contribution is 2.11. The molecule has 1 aromatic heterocycles. The summed E-state index contributed by atoms with van der Waals surface area (Å²) in [6.45, 7) is -0.619. The fourth-order valence-electron chi connectivity index (χ4n) is 1.60. The van der Waals surface area contributed by atoms with Crippen LogP contribution in [0.15, 0.2) is 36.4 Å². The quantitative estimate of drug-likeness (QED) is 0.725. The molecule has 0 aliphatic carbocycles. The Bertz CT molecular complexity index is 553. The van der Waals surface area contributed by atoms with Gasteiger partial charge in [-0.25, -0.2) is 4.98 Å². The molecule has 5 heteroatoms. The van der Waals surface area contributed by atoms with Gasteiger partial charge in [-0.1, -0.05) is 24.3 Å². The summed E-state index contributed by atoms with van der Waals surface area (Å²) in [4.78, 5) is 16.0. The molecule has 2 rings (SSSR count). The van der Waals surface area contributed by atoms with Gasteiger partial charge in [0.2, 0.25) is 0 Å². The highest BCUT2D eigenvalue weighted by Gasteiger charge is 2.13. The predicted octanol–water partition coefficient (Wildman–Crippen LogP) is 0.318. The monoisotopic (exact) mass is 246 g/mol. The van der Waals surface area contributed by atoms with Crippen LogP contribution in [0.3, 0.4) is 0 Å². The lowest BCUT2D eigenvalue weighted by atomic mass is 10.2. The zero-order valence-corrected chi connectivity index (χ0v) is 9.71. The van der Waals surface area contributed by atoms with Crippen LogP contribution in [0, 0.1) is 0 Å². The van der Waals surface area contributed by atoms with Gasteiger partial charge in [0.05, 0.1) is 24.8 Å². The maximum Gasteiger partial charge on any atom is 0.270 e. The Morgan fingerprint density at radius 1 is 1.17 bits per heavy atom. The zero-order valence-electron chi connectivity index (χ0n) is 9.71. The van der Waals surface area contributed by atoms with Gasteiger partial charge >= 0.3 is 0 Å². The maximum absolute atomic E-state index is 11.8. The highest BCUT2D eigenvalue weighted by atomic mass is 16.3. The number of hydrogen-bond acceptors (Lipinski definition) is 4. The number of aliphatic hydroxyl groups is 2. The van der Waals surface area contributed by atoms with E-state index in [1.807, 2.05) is 30.3 Å². The predicted molar refractivity (Wildman–Crippen MR) is 67.2 cm³/mol. The van der Waals surface area contributed by atoms with Gasteiger partial charge in [0.25, 0.3) is 5.91 Å². The summed E-state index contributed by atoms with van der Waals surface area (Å²) in [7, 11) is 0. The van der Waals surface area contributed by atoms with Gasteiger partial charge in [-0.3, -0.25) is 4.79 Å². The van der Waals surface area contributed by atoms with Crippen molar-refractivity contribution in [2.24, 2.45) is 0 Å². The number of pyridine rings is 1. The topological polar surface area (TPSA) is 82.5 Å². The van der Waals surface area contributed by atoms with E-state index in [1.165, 1.54) is 0 Å². The Balaban J connectivity index is 2.22. The van der Waals surface area contributed by atoms with Crippen molar-refractivity contribution in [1.82, 2.24) is 10.3 Å². The molecule has 3 N–H and O–H groups in total. The van der Waals surface area contributed by atoms with E-state index in [9.17, 15) is 4.79 Å². The molecule has 0 aliphatic rings. The first-order chi connectivity index (χ1) is 8.74. The van der Waals surface area contributed by atoms with E-state index < -0.39 is 11.9 Å². The maximum atomic E-state index is 11.8. The first-order valence-electron chi connectivity index (χ1n) is 5.63. The number of amides is 1. The number of carbonyl (C=O) groups excluding carboxylic acids is 1. The normalized spacial score (nSPS) is 10.8. The van der Waals surface area contributed by atoms with Crippen molar-refractivity contribution in [3.63, 3.8) is 0 Å². The SMILES string of the molecule is O=C(NC(CO)CO)c1ccc2ccccc2n1. The van der Waals surface area contributed by atoms with Crippen molar-refractivity contribution < 1.29 is 15.0 Å². The van der Waals surface area contributed by atoms with Crippen LogP contribution in [0.1, 0.15) is 10.5 Å². The van der Waals surface area contributed by atoms with E-state index in [0.717, 1.165) is 10.9 Å². The fraction of sp³-hybridized carbons (Fsp3) is 0.231. The minimum absolute atomic E-state index is 0.264. The fourth-order valence-corrected chi connectivity index (χ4v) is 1.60. The summed E-state index contributed by atoms with van der Waals surface area (Å²) in [5.74, 6) is -0.408. The molecule has 0 spiro atoms. The van der Waals surface area contributed by atoms with Crippen LogP contribution in [-0.2, 0) is 0 Å². The van der Waals surface area contributed by atoms with Crippen LogP contribution in [-0.4, -0.2) is 40.4 Å². The third-order valence-corrected chi connectivity index (χ3v) is 2.61. The van der Waals surface area contributed by atoms with Crippen LogP contribution in [0.5, 0.6) is 0 Å². The third-order valence-electron chi connectivity index (χ3n) is 2.61. The molecule has 0 atom stereocenters. The van der Waals surface area contributed by atoms with E-state index in [0.29, 0.717) is 0 Å². The van der Waals surface area contributed by atoms with Crippen LogP contribution >= 0.6 is 0 Å².